The summed E-state index contributed by atoms with van der Waals surface area (Å²) in [6, 6.07) is 3.67. The second-order valence-electron chi connectivity index (χ2n) is 5.09. The predicted molar refractivity (Wildman–Crippen MR) is 81.1 cm³/mol. The number of hydrogen-bond acceptors (Lipinski definition) is 4. The average molecular weight is 297 g/mol. The normalized spacial score (nSPS) is 19.3. The van der Waals surface area contributed by atoms with Crippen LogP contribution in [0.2, 0.25) is 0 Å². The van der Waals surface area contributed by atoms with E-state index in [-0.39, 0.29) is 12.0 Å². The van der Waals surface area contributed by atoms with Crippen LogP contribution in [-0.4, -0.2) is 42.9 Å². The third kappa shape index (κ3) is 4.03. The molecule has 0 radical (unpaired) electrons. The summed E-state index contributed by atoms with van der Waals surface area (Å²) >= 11 is 1.69. The van der Waals surface area contributed by atoms with E-state index in [1.807, 2.05) is 17.2 Å². The van der Waals surface area contributed by atoms with Crippen LogP contribution in [-0.2, 0) is 10.5 Å². The number of carbonyl (C=O) groups is 1. The van der Waals surface area contributed by atoms with Gasteiger partial charge >= 0.3 is 0 Å². The number of rotatable bonds is 6. The van der Waals surface area contributed by atoms with Crippen molar-refractivity contribution in [3.05, 3.63) is 23.7 Å². The van der Waals surface area contributed by atoms with E-state index in [1.54, 1.807) is 17.8 Å². The van der Waals surface area contributed by atoms with Crippen LogP contribution >= 0.6 is 11.8 Å². The van der Waals surface area contributed by atoms with Gasteiger partial charge in [0.05, 0.1) is 11.9 Å². The van der Waals surface area contributed by atoms with Gasteiger partial charge in [0.25, 0.3) is 5.91 Å². The van der Waals surface area contributed by atoms with Crippen molar-refractivity contribution in [3.63, 3.8) is 0 Å². The second kappa shape index (κ2) is 7.74. The molecule has 20 heavy (non-hydrogen) atoms. The van der Waals surface area contributed by atoms with Crippen molar-refractivity contribution < 1.29 is 13.9 Å². The summed E-state index contributed by atoms with van der Waals surface area (Å²) in [5, 5.41) is 0. The molecular formula is C15H23NO3S. The maximum Gasteiger partial charge on any atom is 0.289 e. The van der Waals surface area contributed by atoms with Crippen LogP contribution in [0.15, 0.2) is 16.5 Å². The fourth-order valence-corrected chi connectivity index (χ4v) is 2.85. The number of furan rings is 1. The van der Waals surface area contributed by atoms with Crippen molar-refractivity contribution >= 4 is 17.7 Å². The molecule has 112 valence electrons. The summed E-state index contributed by atoms with van der Waals surface area (Å²) in [6.07, 6.45) is 5.25. The topological polar surface area (TPSA) is 42.7 Å². The Hall–Kier alpha value is -0.940. The Kier molecular flexibility index (Phi) is 5.98. The fraction of sp³-hybridized carbons (Fsp3) is 0.667. The summed E-state index contributed by atoms with van der Waals surface area (Å²) in [5.74, 6) is 2.10. The van der Waals surface area contributed by atoms with Gasteiger partial charge in [-0.25, -0.2) is 0 Å². The number of carbonyl (C=O) groups excluding carboxylic acids is 1. The number of likely N-dealkylation sites (tertiary alicyclic amines) is 1. The van der Waals surface area contributed by atoms with Gasteiger partial charge in [0, 0.05) is 19.7 Å². The van der Waals surface area contributed by atoms with Crippen LogP contribution in [0, 0.1) is 0 Å². The predicted octanol–water partition coefficient (Wildman–Crippen LogP) is 3.17. The molecule has 1 aromatic heterocycles. The standard InChI is InChI=1S/C15H23NO3S/c1-3-9-18-12-5-4-8-16(10-12)15(17)14-7-6-13(19-14)11-20-2/h6-7,12H,3-5,8-11H2,1-2H3/t12-/m1/s1. The first-order chi connectivity index (χ1) is 9.74. The lowest BCUT2D eigenvalue weighted by atomic mass is 10.1. The quantitative estimate of drug-likeness (QED) is 0.809. The van der Waals surface area contributed by atoms with Crippen LogP contribution in [0.3, 0.4) is 0 Å². The minimum absolute atomic E-state index is 0.0119. The number of piperidine rings is 1. The molecule has 0 unspecified atom stereocenters. The summed E-state index contributed by atoms with van der Waals surface area (Å²) in [7, 11) is 0. The molecule has 0 spiro atoms. The minimum Gasteiger partial charge on any atom is -0.455 e. The van der Waals surface area contributed by atoms with Crippen molar-refractivity contribution in [1.29, 1.82) is 0 Å². The zero-order valence-corrected chi connectivity index (χ0v) is 13.1. The number of thioether (sulfide) groups is 1. The van der Waals surface area contributed by atoms with Crippen LogP contribution in [0.5, 0.6) is 0 Å². The highest BCUT2D eigenvalue weighted by molar-refractivity contribution is 7.97. The zero-order valence-electron chi connectivity index (χ0n) is 12.3. The minimum atomic E-state index is -0.0119. The molecule has 5 heteroatoms. The molecule has 1 saturated heterocycles. The molecule has 1 fully saturated rings. The van der Waals surface area contributed by atoms with Gasteiger partial charge in [-0.15, -0.1) is 0 Å². The Morgan fingerprint density at radius 1 is 1.55 bits per heavy atom. The second-order valence-corrected chi connectivity index (χ2v) is 5.95. The molecule has 0 saturated carbocycles. The fourth-order valence-electron chi connectivity index (χ4n) is 2.41. The summed E-state index contributed by atoms with van der Waals surface area (Å²) in [5.41, 5.74) is 0. The highest BCUT2D eigenvalue weighted by atomic mass is 32.2. The Balaban J connectivity index is 1.93. The molecule has 1 amide bonds. The van der Waals surface area contributed by atoms with Gasteiger partial charge in [-0.05, 0) is 37.7 Å². The first-order valence-corrected chi connectivity index (χ1v) is 8.62. The third-order valence-corrected chi connectivity index (χ3v) is 3.96. The zero-order chi connectivity index (χ0) is 14.4. The number of nitrogens with zero attached hydrogens (tertiary/aromatic N) is 1. The van der Waals surface area contributed by atoms with Crippen LogP contribution in [0.1, 0.15) is 42.5 Å². The molecule has 2 rings (SSSR count). The molecule has 1 atom stereocenters. The monoisotopic (exact) mass is 297 g/mol. The number of amides is 1. The number of ether oxygens (including phenoxy) is 1. The van der Waals surface area contributed by atoms with E-state index >= 15 is 0 Å². The molecule has 1 aliphatic heterocycles. The van der Waals surface area contributed by atoms with E-state index in [0.717, 1.165) is 43.9 Å². The van der Waals surface area contributed by atoms with Crippen molar-refractivity contribution in [1.82, 2.24) is 4.90 Å². The highest BCUT2D eigenvalue weighted by Crippen LogP contribution is 2.19. The average Bonchev–Trinajstić information content (AvgIpc) is 2.93. The maximum atomic E-state index is 12.4. The molecule has 1 aliphatic rings. The van der Waals surface area contributed by atoms with Crippen LogP contribution < -0.4 is 0 Å². The van der Waals surface area contributed by atoms with Gasteiger partial charge < -0.3 is 14.1 Å². The first kappa shape index (κ1) is 15.4. The molecule has 2 heterocycles. The lowest BCUT2D eigenvalue weighted by Gasteiger charge is -2.32. The smallest absolute Gasteiger partial charge is 0.289 e. The van der Waals surface area contributed by atoms with Crippen molar-refractivity contribution in [2.24, 2.45) is 0 Å². The molecule has 4 nitrogen and oxygen atoms in total. The summed E-state index contributed by atoms with van der Waals surface area (Å²) in [4.78, 5) is 14.3. The first-order valence-electron chi connectivity index (χ1n) is 7.23. The molecular weight excluding hydrogens is 274 g/mol. The Labute approximate surface area is 124 Å². The molecule has 0 bridgehead atoms. The SMILES string of the molecule is CCCO[C@@H]1CCCN(C(=O)c2ccc(CSC)o2)C1. The van der Waals surface area contributed by atoms with Crippen LogP contribution in [0.25, 0.3) is 0 Å². The Bertz CT molecular complexity index is 433. The van der Waals surface area contributed by atoms with E-state index in [2.05, 4.69) is 6.92 Å². The molecule has 0 aromatic carbocycles. The van der Waals surface area contributed by atoms with Crippen molar-refractivity contribution in [2.75, 3.05) is 26.0 Å². The van der Waals surface area contributed by atoms with Gasteiger partial charge in [0.2, 0.25) is 0 Å². The van der Waals surface area contributed by atoms with Gasteiger partial charge in [-0.1, -0.05) is 6.92 Å². The lowest BCUT2D eigenvalue weighted by Crippen LogP contribution is -2.43. The van der Waals surface area contributed by atoms with E-state index in [9.17, 15) is 4.79 Å². The third-order valence-electron chi connectivity index (χ3n) is 3.38. The lowest BCUT2D eigenvalue weighted by molar-refractivity contribution is 0.00112. The molecule has 0 N–H and O–H groups in total. The maximum absolute atomic E-state index is 12.4. The summed E-state index contributed by atoms with van der Waals surface area (Å²) in [6.45, 7) is 4.34. The number of hydrogen-bond donors (Lipinski definition) is 0. The molecule has 0 aliphatic carbocycles. The van der Waals surface area contributed by atoms with E-state index in [0.29, 0.717) is 12.3 Å². The van der Waals surface area contributed by atoms with Gasteiger partial charge in [-0.3, -0.25) is 4.79 Å². The van der Waals surface area contributed by atoms with E-state index < -0.39 is 0 Å². The molecule has 1 aromatic rings. The van der Waals surface area contributed by atoms with Crippen LogP contribution in [0.4, 0.5) is 0 Å². The Morgan fingerprint density at radius 3 is 3.15 bits per heavy atom. The largest absolute Gasteiger partial charge is 0.455 e. The van der Waals surface area contributed by atoms with E-state index in [4.69, 9.17) is 9.15 Å². The van der Waals surface area contributed by atoms with E-state index in [1.165, 1.54) is 0 Å². The Morgan fingerprint density at radius 2 is 2.40 bits per heavy atom. The van der Waals surface area contributed by atoms with Gasteiger partial charge in [-0.2, -0.15) is 11.8 Å². The van der Waals surface area contributed by atoms with Crippen molar-refractivity contribution in [2.45, 2.75) is 38.0 Å². The van der Waals surface area contributed by atoms with Gasteiger partial charge in [0.15, 0.2) is 5.76 Å². The highest BCUT2D eigenvalue weighted by Gasteiger charge is 2.26. The van der Waals surface area contributed by atoms with Gasteiger partial charge in [0.1, 0.15) is 5.76 Å². The summed E-state index contributed by atoms with van der Waals surface area (Å²) < 4.78 is 11.4. The van der Waals surface area contributed by atoms with Crippen molar-refractivity contribution in [3.8, 4) is 0 Å².